The fourth-order valence-corrected chi connectivity index (χ4v) is 3.01. The number of carbonyl (C=O) groups is 5. The van der Waals surface area contributed by atoms with E-state index < -0.39 is 60.2 Å². The topological polar surface area (TPSA) is 258 Å². The van der Waals surface area contributed by atoms with Crippen molar-refractivity contribution >= 4 is 48.2 Å². The number of thiol groups is 1. The first-order valence-corrected chi connectivity index (χ1v) is 11.3. The maximum absolute atomic E-state index is 13.0. The van der Waals surface area contributed by atoms with Crippen molar-refractivity contribution in [3.8, 4) is 0 Å². The van der Waals surface area contributed by atoms with E-state index in [1.165, 1.54) is 0 Å². The van der Waals surface area contributed by atoms with Crippen molar-refractivity contribution in [2.75, 3.05) is 12.3 Å². The summed E-state index contributed by atoms with van der Waals surface area (Å²) in [4.78, 5) is 64.2. The number of primary amides is 1. The number of carboxylic acid groups (broad SMARTS) is 1. The van der Waals surface area contributed by atoms with Crippen LogP contribution in [0.5, 0.6) is 0 Å². The van der Waals surface area contributed by atoms with Gasteiger partial charge in [0.25, 0.3) is 0 Å². The molecule has 0 radical (unpaired) electrons. The first-order valence-electron chi connectivity index (χ1n) is 10.7. The van der Waals surface area contributed by atoms with Crippen LogP contribution in [0.4, 0.5) is 0 Å². The summed E-state index contributed by atoms with van der Waals surface area (Å²) in [6, 6.07) is -4.75. The van der Waals surface area contributed by atoms with E-state index in [2.05, 4.69) is 33.6 Å². The van der Waals surface area contributed by atoms with E-state index in [0.29, 0.717) is 12.8 Å². The zero-order chi connectivity index (χ0) is 26.4. The van der Waals surface area contributed by atoms with Crippen molar-refractivity contribution in [2.24, 2.45) is 33.8 Å². The highest BCUT2D eigenvalue weighted by Gasteiger charge is 2.32. The number of hydrogen-bond acceptors (Lipinski definition) is 8. The van der Waals surface area contributed by atoms with Gasteiger partial charge in [0, 0.05) is 12.3 Å². The lowest BCUT2D eigenvalue weighted by atomic mass is 9.97. The van der Waals surface area contributed by atoms with Crippen LogP contribution in [0.2, 0.25) is 0 Å². The third kappa shape index (κ3) is 11.7. The summed E-state index contributed by atoms with van der Waals surface area (Å²) >= 11 is 3.91. The summed E-state index contributed by atoms with van der Waals surface area (Å²) in [6.07, 6.45) is 0.455. The maximum Gasteiger partial charge on any atom is 0.327 e. The Hall–Kier alpha value is -3.07. The van der Waals surface area contributed by atoms with Gasteiger partial charge in [0.15, 0.2) is 5.96 Å². The number of aliphatic carboxylic acids is 1. The van der Waals surface area contributed by atoms with Crippen molar-refractivity contribution in [3.63, 3.8) is 0 Å². The molecule has 0 spiro atoms. The molecule has 5 atom stereocenters. The van der Waals surface area contributed by atoms with Gasteiger partial charge < -0.3 is 44.0 Å². The van der Waals surface area contributed by atoms with Crippen LogP contribution in [0, 0.1) is 5.92 Å². The maximum atomic E-state index is 13.0. The van der Waals surface area contributed by atoms with Gasteiger partial charge in [-0.25, -0.2) is 4.79 Å². The van der Waals surface area contributed by atoms with Crippen LogP contribution in [0.15, 0.2) is 4.99 Å². The fourth-order valence-electron chi connectivity index (χ4n) is 2.76. The molecular formula is C19H36N8O6S. The molecule has 0 bridgehead atoms. The van der Waals surface area contributed by atoms with Crippen LogP contribution in [0.3, 0.4) is 0 Å². The molecule has 14 nitrogen and oxygen atoms in total. The highest BCUT2D eigenvalue weighted by atomic mass is 32.1. The van der Waals surface area contributed by atoms with Gasteiger partial charge in [0.1, 0.15) is 18.1 Å². The molecule has 0 aromatic heterocycles. The summed E-state index contributed by atoms with van der Waals surface area (Å²) in [5.74, 6) is -4.93. The monoisotopic (exact) mass is 504 g/mol. The highest BCUT2D eigenvalue weighted by molar-refractivity contribution is 7.80. The van der Waals surface area contributed by atoms with E-state index in [9.17, 15) is 29.1 Å². The molecule has 0 heterocycles. The second-order valence-corrected chi connectivity index (χ2v) is 8.11. The van der Waals surface area contributed by atoms with Gasteiger partial charge in [0.05, 0.1) is 12.5 Å². The van der Waals surface area contributed by atoms with Crippen molar-refractivity contribution in [1.82, 2.24) is 16.0 Å². The molecule has 0 aliphatic carbocycles. The summed E-state index contributed by atoms with van der Waals surface area (Å²) in [7, 11) is 0. The minimum absolute atomic E-state index is 0.0790. The number of carbonyl (C=O) groups excluding carboxylic acids is 4. The normalized spacial score (nSPS) is 15.1. The Bertz CT molecular complexity index is 761. The van der Waals surface area contributed by atoms with Crippen LogP contribution in [0.25, 0.3) is 0 Å². The Kier molecular flexibility index (Phi) is 14.3. The average Bonchev–Trinajstić information content (AvgIpc) is 2.75. The number of amides is 4. The number of nitrogens with two attached hydrogens (primary N) is 4. The molecule has 0 aliphatic rings. The molecule has 0 aromatic rings. The number of nitrogens with zero attached hydrogens (tertiary/aromatic N) is 1. The molecule has 0 rings (SSSR count). The molecular weight excluding hydrogens is 468 g/mol. The summed E-state index contributed by atoms with van der Waals surface area (Å²) < 4.78 is 0. The second kappa shape index (κ2) is 15.7. The Labute approximate surface area is 203 Å². The Morgan fingerprint density at radius 3 is 2.03 bits per heavy atom. The van der Waals surface area contributed by atoms with Crippen molar-refractivity contribution in [3.05, 3.63) is 0 Å². The van der Waals surface area contributed by atoms with Gasteiger partial charge in [-0.2, -0.15) is 12.6 Å². The van der Waals surface area contributed by atoms with E-state index in [-0.39, 0.29) is 30.6 Å². The van der Waals surface area contributed by atoms with E-state index in [0.717, 1.165) is 0 Å². The minimum atomic E-state index is -1.29. The lowest BCUT2D eigenvalue weighted by Crippen LogP contribution is -2.59. The molecule has 194 valence electrons. The molecule has 34 heavy (non-hydrogen) atoms. The predicted octanol–water partition coefficient (Wildman–Crippen LogP) is -3.24. The number of aliphatic imine (C=N–C) groups is 1. The van der Waals surface area contributed by atoms with E-state index in [1.54, 1.807) is 13.8 Å². The molecule has 0 fully saturated rings. The number of guanidine groups is 1. The third-order valence-corrected chi connectivity index (χ3v) is 5.29. The van der Waals surface area contributed by atoms with Crippen LogP contribution < -0.4 is 38.9 Å². The Morgan fingerprint density at radius 2 is 1.56 bits per heavy atom. The van der Waals surface area contributed by atoms with E-state index in [1.807, 2.05) is 0 Å². The van der Waals surface area contributed by atoms with Gasteiger partial charge in [-0.05, 0) is 18.8 Å². The largest absolute Gasteiger partial charge is 0.480 e. The molecule has 12 N–H and O–H groups in total. The summed E-state index contributed by atoms with van der Waals surface area (Å²) in [5.41, 5.74) is 21.3. The third-order valence-electron chi connectivity index (χ3n) is 4.93. The van der Waals surface area contributed by atoms with E-state index >= 15 is 0 Å². The smallest absolute Gasteiger partial charge is 0.327 e. The lowest BCUT2D eigenvalue weighted by molar-refractivity contribution is -0.141. The lowest BCUT2D eigenvalue weighted by Gasteiger charge is -2.27. The van der Waals surface area contributed by atoms with Gasteiger partial charge in [-0.1, -0.05) is 20.3 Å². The van der Waals surface area contributed by atoms with Crippen molar-refractivity contribution < 1.29 is 29.1 Å². The van der Waals surface area contributed by atoms with Crippen LogP contribution in [-0.2, 0) is 24.0 Å². The second-order valence-electron chi connectivity index (χ2n) is 7.74. The van der Waals surface area contributed by atoms with Gasteiger partial charge in [0.2, 0.25) is 23.6 Å². The Morgan fingerprint density at radius 1 is 0.971 bits per heavy atom. The predicted molar refractivity (Wildman–Crippen MR) is 128 cm³/mol. The highest BCUT2D eigenvalue weighted by Crippen LogP contribution is 2.10. The molecule has 0 saturated heterocycles. The number of hydrogen-bond donors (Lipinski definition) is 9. The minimum Gasteiger partial charge on any atom is -0.480 e. The van der Waals surface area contributed by atoms with Crippen molar-refractivity contribution in [2.45, 2.75) is 63.7 Å². The molecule has 0 aliphatic heterocycles. The fraction of sp³-hybridized carbons (Fsp3) is 0.684. The average molecular weight is 505 g/mol. The number of rotatable bonds is 16. The summed E-state index contributed by atoms with van der Waals surface area (Å²) in [6.45, 7) is 3.67. The molecule has 5 unspecified atom stereocenters. The van der Waals surface area contributed by atoms with Crippen molar-refractivity contribution in [1.29, 1.82) is 0 Å². The number of nitrogens with one attached hydrogen (secondary N) is 3. The van der Waals surface area contributed by atoms with E-state index in [4.69, 9.17) is 22.9 Å². The zero-order valence-electron chi connectivity index (χ0n) is 19.3. The summed E-state index contributed by atoms with van der Waals surface area (Å²) in [5, 5.41) is 16.5. The molecule has 0 aromatic carbocycles. The van der Waals surface area contributed by atoms with Crippen LogP contribution in [-0.4, -0.2) is 77.1 Å². The number of carboxylic acids is 1. The van der Waals surface area contributed by atoms with Gasteiger partial charge in [-0.15, -0.1) is 0 Å². The molecule has 0 saturated carbocycles. The van der Waals surface area contributed by atoms with Crippen LogP contribution >= 0.6 is 12.6 Å². The Balaban J connectivity index is 5.58. The molecule has 4 amide bonds. The molecule has 15 heteroatoms. The van der Waals surface area contributed by atoms with Gasteiger partial charge in [-0.3, -0.25) is 24.2 Å². The zero-order valence-corrected chi connectivity index (χ0v) is 20.2. The first kappa shape index (κ1) is 30.9. The standard InChI is InChI=1S/C19H36N8O6S/c1-3-9(2)14(27-15(29)10(20)7-13(21)28)17(31)25-11(5-4-6-24-19(22)23)16(30)26-12(8-34)18(32)33/h9-12,14,34H,3-8,20H2,1-2H3,(H2,21,28)(H,25,31)(H,26,30)(H,27,29)(H,32,33)(H4,22,23,24). The first-order chi connectivity index (χ1) is 15.8. The van der Waals surface area contributed by atoms with Gasteiger partial charge >= 0.3 is 5.97 Å². The SMILES string of the molecule is CCC(C)C(NC(=O)C(N)CC(N)=O)C(=O)NC(CCCN=C(N)N)C(=O)NC(CS)C(=O)O. The quantitative estimate of drug-likeness (QED) is 0.0442. The van der Waals surface area contributed by atoms with Crippen LogP contribution in [0.1, 0.15) is 39.5 Å².